The summed E-state index contributed by atoms with van der Waals surface area (Å²) in [7, 11) is 0. The molecule has 1 saturated heterocycles. The molecule has 18 heavy (non-hydrogen) atoms. The predicted octanol–water partition coefficient (Wildman–Crippen LogP) is 1.64. The number of aryl methyl sites for hydroxylation is 1. The van der Waals surface area contributed by atoms with Crippen LogP contribution in [0.25, 0.3) is 11.4 Å². The van der Waals surface area contributed by atoms with Crippen LogP contribution in [0.4, 0.5) is 0 Å². The van der Waals surface area contributed by atoms with Crippen molar-refractivity contribution in [1.29, 1.82) is 0 Å². The van der Waals surface area contributed by atoms with E-state index in [1.165, 1.54) is 12.8 Å². The zero-order valence-electron chi connectivity index (χ0n) is 10.5. The standard InChI is InChI=1S/C13H17N5/c1-9-16-12(10-3-2-5-14-8-10)7-13(17-9)11-4-6-15-18-11/h4,6-7,10,14H,2-3,5,8H2,1H3,(H,15,18)/t10-/m0/s1. The van der Waals surface area contributed by atoms with Crippen LogP contribution in [0, 0.1) is 6.92 Å². The summed E-state index contributed by atoms with van der Waals surface area (Å²) < 4.78 is 0. The summed E-state index contributed by atoms with van der Waals surface area (Å²) in [4.78, 5) is 9.05. The van der Waals surface area contributed by atoms with Crippen LogP contribution in [0.15, 0.2) is 18.3 Å². The predicted molar refractivity (Wildman–Crippen MR) is 69.2 cm³/mol. The number of aromatic nitrogens is 4. The van der Waals surface area contributed by atoms with Gasteiger partial charge in [-0.1, -0.05) is 0 Å². The number of piperidine rings is 1. The van der Waals surface area contributed by atoms with Crippen LogP contribution < -0.4 is 5.32 Å². The third-order valence-electron chi connectivity index (χ3n) is 3.35. The maximum absolute atomic E-state index is 4.58. The maximum atomic E-state index is 4.58. The first kappa shape index (κ1) is 11.3. The van der Waals surface area contributed by atoms with Gasteiger partial charge in [0.25, 0.3) is 0 Å². The van der Waals surface area contributed by atoms with Crippen LogP contribution in [0.2, 0.25) is 0 Å². The molecule has 0 aliphatic carbocycles. The molecule has 5 nitrogen and oxygen atoms in total. The summed E-state index contributed by atoms with van der Waals surface area (Å²) in [6.07, 6.45) is 4.16. The molecule has 0 bridgehead atoms. The van der Waals surface area contributed by atoms with Crippen molar-refractivity contribution in [3.8, 4) is 11.4 Å². The fourth-order valence-electron chi connectivity index (χ4n) is 2.44. The van der Waals surface area contributed by atoms with Crippen molar-refractivity contribution in [2.75, 3.05) is 13.1 Å². The van der Waals surface area contributed by atoms with Gasteiger partial charge in [-0.3, -0.25) is 5.10 Å². The fraction of sp³-hybridized carbons (Fsp3) is 0.462. The van der Waals surface area contributed by atoms with Gasteiger partial charge in [-0.2, -0.15) is 5.10 Å². The van der Waals surface area contributed by atoms with Crippen molar-refractivity contribution in [3.05, 3.63) is 29.8 Å². The minimum atomic E-state index is 0.502. The molecule has 0 radical (unpaired) electrons. The molecule has 2 aromatic rings. The molecular weight excluding hydrogens is 226 g/mol. The summed E-state index contributed by atoms with van der Waals surface area (Å²) >= 11 is 0. The van der Waals surface area contributed by atoms with E-state index in [9.17, 15) is 0 Å². The largest absolute Gasteiger partial charge is 0.316 e. The summed E-state index contributed by atoms with van der Waals surface area (Å²) in [5.41, 5.74) is 3.02. The average Bonchev–Trinajstić information content (AvgIpc) is 2.93. The molecule has 2 N–H and O–H groups in total. The molecule has 2 aromatic heterocycles. The molecule has 0 aromatic carbocycles. The third-order valence-corrected chi connectivity index (χ3v) is 3.35. The molecule has 3 heterocycles. The van der Waals surface area contributed by atoms with Crippen LogP contribution in [-0.4, -0.2) is 33.3 Å². The van der Waals surface area contributed by atoms with E-state index in [0.29, 0.717) is 5.92 Å². The number of hydrogen-bond donors (Lipinski definition) is 2. The molecule has 5 heteroatoms. The molecule has 1 fully saturated rings. The SMILES string of the molecule is Cc1nc(-c2ccn[nH]2)cc([C@H]2CCCNC2)n1. The zero-order chi connectivity index (χ0) is 12.4. The number of hydrogen-bond acceptors (Lipinski definition) is 4. The number of H-pyrrole nitrogens is 1. The van der Waals surface area contributed by atoms with Crippen LogP contribution in [0.1, 0.15) is 30.3 Å². The summed E-state index contributed by atoms with van der Waals surface area (Å²) in [6, 6.07) is 4.02. The van der Waals surface area contributed by atoms with E-state index in [-0.39, 0.29) is 0 Å². The van der Waals surface area contributed by atoms with Gasteiger partial charge in [0.2, 0.25) is 0 Å². The average molecular weight is 243 g/mol. The Morgan fingerprint density at radius 3 is 3.00 bits per heavy atom. The highest BCUT2D eigenvalue weighted by Gasteiger charge is 2.18. The Bertz CT molecular complexity index is 514. The van der Waals surface area contributed by atoms with Gasteiger partial charge in [0.05, 0.1) is 11.4 Å². The van der Waals surface area contributed by atoms with E-state index in [4.69, 9.17) is 0 Å². The topological polar surface area (TPSA) is 66.5 Å². The Hall–Kier alpha value is -1.75. The Morgan fingerprint density at radius 2 is 2.28 bits per heavy atom. The van der Waals surface area contributed by atoms with Crippen molar-refractivity contribution >= 4 is 0 Å². The van der Waals surface area contributed by atoms with E-state index in [0.717, 1.165) is 36.0 Å². The molecule has 1 aliphatic heterocycles. The minimum Gasteiger partial charge on any atom is -0.316 e. The second-order valence-corrected chi connectivity index (χ2v) is 4.74. The second kappa shape index (κ2) is 4.86. The van der Waals surface area contributed by atoms with Crippen molar-refractivity contribution in [2.24, 2.45) is 0 Å². The van der Waals surface area contributed by atoms with Gasteiger partial charge in [-0.05, 0) is 38.4 Å². The number of rotatable bonds is 2. The van der Waals surface area contributed by atoms with Crippen molar-refractivity contribution < 1.29 is 0 Å². The minimum absolute atomic E-state index is 0.502. The lowest BCUT2D eigenvalue weighted by Crippen LogP contribution is -2.29. The molecular formula is C13H17N5. The smallest absolute Gasteiger partial charge is 0.126 e. The zero-order valence-corrected chi connectivity index (χ0v) is 10.5. The van der Waals surface area contributed by atoms with Gasteiger partial charge in [-0.25, -0.2) is 9.97 Å². The van der Waals surface area contributed by atoms with Crippen molar-refractivity contribution in [1.82, 2.24) is 25.5 Å². The Kier molecular flexibility index (Phi) is 3.06. The van der Waals surface area contributed by atoms with E-state index < -0.39 is 0 Å². The lowest BCUT2D eigenvalue weighted by atomic mass is 9.95. The third kappa shape index (κ3) is 2.26. The van der Waals surface area contributed by atoms with Crippen molar-refractivity contribution in [2.45, 2.75) is 25.7 Å². The number of nitrogens with one attached hydrogen (secondary N) is 2. The lowest BCUT2D eigenvalue weighted by molar-refractivity contribution is 0.453. The number of aromatic amines is 1. The Labute approximate surface area is 106 Å². The Morgan fingerprint density at radius 1 is 1.33 bits per heavy atom. The number of nitrogens with zero attached hydrogens (tertiary/aromatic N) is 3. The molecule has 0 amide bonds. The highest BCUT2D eigenvalue weighted by atomic mass is 15.1. The molecule has 1 atom stereocenters. The highest BCUT2D eigenvalue weighted by molar-refractivity contribution is 5.53. The molecule has 94 valence electrons. The van der Waals surface area contributed by atoms with Gasteiger partial charge in [0.15, 0.2) is 0 Å². The highest BCUT2D eigenvalue weighted by Crippen LogP contribution is 2.24. The Balaban J connectivity index is 1.95. The monoisotopic (exact) mass is 243 g/mol. The summed E-state index contributed by atoms with van der Waals surface area (Å²) in [5.74, 6) is 1.32. The van der Waals surface area contributed by atoms with Gasteiger partial charge in [-0.15, -0.1) is 0 Å². The quantitative estimate of drug-likeness (QED) is 0.841. The van der Waals surface area contributed by atoms with Gasteiger partial charge >= 0.3 is 0 Å². The van der Waals surface area contributed by atoms with Crippen LogP contribution >= 0.6 is 0 Å². The molecule has 0 spiro atoms. The molecule has 0 saturated carbocycles. The molecule has 0 unspecified atom stereocenters. The van der Waals surface area contributed by atoms with Crippen LogP contribution in [-0.2, 0) is 0 Å². The second-order valence-electron chi connectivity index (χ2n) is 4.74. The summed E-state index contributed by atoms with van der Waals surface area (Å²) in [5, 5.41) is 10.4. The maximum Gasteiger partial charge on any atom is 0.126 e. The van der Waals surface area contributed by atoms with Crippen LogP contribution in [0.5, 0.6) is 0 Å². The van der Waals surface area contributed by atoms with E-state index in [1.807, 2.05) is 13.0 Å². The van der Waals surface area contributed by atoms with Crippen molar-refractivity contribution in [3.63, 3.8) is 0 Å². The lowest BCUT2D eigenvalue weighted by Gasteiger charge is -2.22. The normalized spacial score (nSPS) is 19.9. The molecule has 1 aliphatic rings. The molecule has 3 rings (SSSR count). The first-order valence-electron chi connectivity index (χ1n) is 6.39. The van der Waals surface area contributed by atoms with Gasteiger partial charge in [0, 0.05) is 24.4 Å². The van der Waals surface area contributed by atoms with E-state index in [1.54, 1.807) is 6.20 Å². The van der Waals surface area contributed by atoms with Gasteiger partial charge < -0.3 is 5.32 Å². The van der Waals surface area contributed by atoms with Crippen LogP contribution in [0.3, 0.4) is 0 Å². The summed E-state index contributed by atoms with van der Waals surface area (Å²) in [6.45, 7) is 4.08. The fourth-order valence-corrected chi connectivity index (χ4v) is 2.44. The van der Waals surface area contributed by atoms with Gasteiger partial charge in [0.1, 0.15) is 5.82 Å². The van der Waals surface area contributed by atoms with E-state index in [2.05, 4.69) is 31.5 Å². The van der Waals surface area contributed by atoms with E-state index >= 15 is 0 Å². The first-order valence-corrected chi connectivity index (χ1v) is 6.39. The first-order chi connectivity index (χ1) is 8.83.